The predicted octanol–water partition coefficient (Wildman–Crippen LogP) is 5.77. The Hall–Kier alpha value is 0.160. The second-order valence-electron chi connectivity index (χ2n) is 3.42. The highest BCUT2D eigenvalue weighted by Crippen LogP contribution is 2.41. The Morgan fingerprint density at radius 1 is 1.18 bits per heavy atom. The first kappa shape index (κ1) is 13.6. The van der Waals surface area contributed by atoms with Crippen LogP contribution in [0.1, 0.15) is 16.0 Å². The number of benzene rings is 1. The van der Waals surface area contributed by atoms with Gasteiger partial charge in [0.1, 0.15) is 5.75 Å². The van der Waals surface area contributed by atoms with E-state index in [4.69, 9.17) is 4.74 Å². The molecule has 90 valence electrons. The van der Waals surface area contributed by atoms with Crippen LogP contribution in [0.2, 0.25) is 0 Å². The summed E-state index contributed by atoms with van der Waals surface area (Å²) >= 11 is 12.5. The van der Waals surface area contributed by atoms with Crippen LogP contribution in [0, 0.1) is 0 Å². The zero-order chi connectivity index (χ0) is 12.4. The van der Waals surface area contributed by atoms with E-state index in [2.05, 4.69) is 66.0 Å². The van der Waals surface area contributed by atoms with Crippen molar-refractivity contribution >= 4 is 59.1 Å². The Morgan fingerprint density at radius 2 is 1.82 bits per heavy atom. The SMILES string of the molecule is COc1ccc(C(Br)c2cc(Br)sc2Br)cc1. The van der Waals surface area contributed by atoms with Crippen molar-refractivity contribution in [2.45, 2.75) is 4.83 Å². The molecule has 1 aromatic heterocycles. The van der Waals surface area contributed by atoms with Gasteiger partial charge in [0.2, 0.25) is 0 Å². The fourth-order valence-electron chi connectivity index (χ4n) is 1.48. The van der Waals surface area contributed by atoms with Crippen LogP contribution in [0.5, 0.6) is 5.75 Å². The predicted molar refractivity (Wildman–Crippen MR) is 83.5 cm³/mol. The van der Waals surface area contributed by atoms with Crippen molar-refractivity contribution in [3.05, 3.63) is 49.0 Å². The third kappa shape index (κ3) is 3.13. The number of hydrogen-bond acceptors (Lipinski definition) is 2. The van der Waals surface area contributed by atoms with Crippen molar-refractivity contribution in [1.82, 2.24) is 0 Å². The standard InChI is InChI=1S/C12H9Br3OS/c1-16-8-4-2-7(3-5-8)11(14)9-6-10(13)17-12(9)15/h2-6,11H,1H3. The summed E-state index contributed by atoms with van der Waals surface area (Å²) < 4.78 is 7.42. The summed E-state index contributed by atoms with van der Waals surface area (Å²) in [5, 5.41) is 0. The van der Waals surface area contributed by atoms with Crippen LogP contribution in [0.25, 0.3) is 0 Å². The summed E-state index contributed by atoms with van der Waals surface area (Å²) in [7, 11) is 1.67. The van der Waals surface area contributed by atoms with Crippen molar-refractivity contribution in [3.63, 3.8) is 0 Å². The van der Waals surface area contributed by atoms with Crippen molar-refractivity contribution in [2.24, 2.45) is 0 Å². The lowest BCUT2D eigenvalue weighted by molar-refractivity contribution is 0.414. The number of halogens is 3. The fourth-order valence-corrected chi connectivity index (χ4v) is 5.51. The lowest BCUT2D eigenvalue weighted by atomic mass is 10.1. The van der Waals surface area contributed by atoms with Gasteiger partial charge in [-0.3, -0.25) is 0 Å². The summed E-state index contributed by atoms with van der Waals surface area (Å²) in [6, 6.07) is 10.2. The second kappa shape index (κ2) is 5.87. The lowest BCUT2D eigenvalue weighted by Crippen LogP contribution is -1.91. The fraction of sp³-hybridized carbons (Fsp3) is 0.167. The van der Waals surface area contributed by atoms with E-state index in [0.717, 1.165) is 13.3 Å². The minimum atomic E-state index is 0.185. The van der Waals surface area contributed by atoms with E-state index < -0.39 is 0 Å². The molecule has 0 fully saturated rings. The molecule has 0 bridgehead atoms. The maximum absolute atomic E-state index is 5.15. The topological polar surface area (TPSA) is 9.23 Å². The van der Waals surface area contributed by atoms with Gasteiger partial charge < -0.3 is 4.74 Å². The lowest BCUT2D eigenvalue weighted by Gasteiger charge is -2.10. The highest BCUT2D eigenvalue weighted by Gasteiger charge is 2.16. The zero-order valence-corrected chi connectivity index (χ0v) is 14.5. The van der Waals surface area contributed by atoms with E-state index in [1.165, 1.54) is 11.1 Å². The molecule has 0 saturated heterocycles. The summed E-state index contributed by atoms with van der Waals surface area (Å²) in [6.07, 6.45) is 0. The molecule has 1 unspecified atom stereocenters. The van der Waals surface area contributed by atoms with Crippen molar-refractivity contribution < 1.29 is 4.74 Å². The molecule has 0 spiro atoms. The van der Waals surface area contributed by atoms with E-state index in [0.29, 0.717) is 0 Å². The Bertz CT molecular complexity index is 507. The molecule has 2 rings (SSSR count). The number of hydrogen-bond donors (Lipinski definition) is 0. The zero-order valence-electron chi connectivity index (χ0n) is 8.91. The second-order valence-corrected chi connectivity index (χ2v) is 8.08. The van der Waals surface area contributed by atoms with Gasteiger partial charge in [-0.15, -0.1) is 11.3 Å². The number of rotatable bonds is 3. The number of alkyl halides is 1. The third-order valence-corrected chi connectivity index (χ3v) is 5.77. The summed E-state index contributed by atoms with van der Waals surface area (Å²) in [6.45, 7) is 0. The van der Waals surface area contributed by atoms with Gasteiger partial charge in [0.05, 0.1) is 19.5 Å². The van der Waals surface area contributed by atoms with E-state index in [1.54, 1.807) is 18.4 Å². The maximum Gasteiger partial charge on any atom is 0.118 e. The van der Waals surface area contributed by atoms with Gasteiger partial charge in [0.15, 0.2) is 0 Å². The normalized spacial score (nSPS) is 12.5. The van der Waals surface area contributed by atoms with Crippen LogP contribution in [-0.4, -0.2) is 7.11 Å². The summed E-state index contributed by atoms with van der Waals surface area (Å²) in [5.74, 6) is 0.874. The van der Waals surface area contributed by atoms with Gasteiger partial charge in [0.25, 0.3) is 0 Å². The maximum atomic E-state index is 5.15. The van der Waals surface area contributed by atoms with Crippen molar-refractivity contribution in [3.8, 4) is 5.75 Å². The van der Waals surface area contributed by atoms with Gasteiger partial charge in [-0.1, -0.05) is 28.1 Å². The minimum Gasteiger partial charge on any atom is -0.497 e. The quantitative estimate of drug-likeness (QED) is 0.551. The molecule has 0 aliphatic rings. The van der Waals surface area contributed by atoms with Crippen LogP contribution in [0.15, 0.2) is 37.9 Å². The molecule has 1 nitrogen and oxygen atoms in total. The van der Waals surface area contributed by atoms with Crippen LogP contribution in [0.4, 0.5) is 0 Å². The molecule has 0 aliphatic carbocycles. The minimum absolute atomic E-state index is 0.185. The molecule has 0 amide bonds. The summed E-state index contributed by atoms with van der Waals surface area (Å²) in [4.78, 5) is 0.185. The molecule has 1 aromatic carbocycles. The molecular weight excluding hydrogens is 432 g/mol. The molecular formula is C12H9Br3OS. The van der Waals surface area contributed by atoms with Gasteiger partial charge in [-0.2, -0.15) is 0 Å². The summed E-state index contributed by atoms with van der Waals surface area (Å²) in [5.41, 5.74) is 2.43. The highest BCUT2D eigenvalue weighted by molar-refractivity contribution is 9.12. The molecule has 1 atom stereocenters. The van der Waals surface area contributed by atoms with Crippen LogP contribution >= 0.6 is 59.1 Å². The van der Waals surface area contributed by atoms with Crippen molar-refractivity contribution in [1.29, 1.82) is 0 Å². The van der Waals surface area contributed by atoms with E-state index in [9.17, 15) is 0 Å². The molecule has 0 saturated carbocycles. The van der Waals surface area contributed by atoms with Crippen LogP contribution in [0.3, 0.4) is 0 Å². The van der Waals surface area contributed by atoms with Crippen LogP contribution in [-0.2, 0) is 0 Å². The van der Waals surface area contributed by atoms with Gasteiger partial charge >= 0.3 is 0 Å². The molecule has 2 aromatic rings. The van der Waals surface area contributed by atoms with Gasteiger partial charge in [-0.25, -0.2) is 0 Å². The molecule has 17 heavy (non-hydrogen) atoms. The Labute approximate surface area is 130 Å². The molecule has 0 aliphatic heterocycles. The van der Waals surface area contributed by atoms with E-state index >= 15 is 0 Å². The van der Waals surface area contributed by atoms with Gasteiger partial charge in [-0.05, 0) is 61.2 Å². The average molecular weight is 441 g/mol. The van der Waals surface area contributed by atoms with E-state index in [1.807, 2.05) is 12.1 Å². The Kier molecular flexibility index (Phi) is 4.69. The first-order chi connectivity index (χ1) is 8.11. The number of ether oxygens (including phenoxy) is 1. The van der Waals surface area contributed by atoms with Crippen LogP contribution < -0.4 is 4.74 Å². The molecule has 5 heteroatoms. The molecule has 0 N–H and O–H groups in total. The number of methoxy groups -OCH3 is 1. The monoisotopic (exact) mass is 438 g/mol. The Morgan fingerprint density at radius 3 is 2.29 bits per heavy atom. The third-order valence-electron chi connectivity index (χ3n) is 2.36. The van der Waals surface area contributed by atoms with E-state index in [-0.39, 0.29) is 4.83 Å². The average Bonchev–Trinajstić information content (AvgIpc) is 2.68. The van der Waals surface area contributed by atoms with Crippen molar-refractivity contribution in [2.75, 3.05) is 7.11 Å². The first-order valence-corrected chi connectivity index (χ1v) is 8.16. The largest absolute Gasteiger partial charge is 0.497 e. The van der Waals surface area contributed by atoms with Gasteiger partial charge in [0, 0.05) is 0 Å². The number of thiophene rings is 1. The molecule has 0 radical (unpaired) electrons. The highest BCUT2D eigenvalue weighted by atomic mass is 79.9. The Balaban J connectivity index is 2.30. The molecule has 1 heterocycles. The first-order valence-electron chi connectivity index (χ1n) is 4.84. The smallest absolute Gasteiger partial charge is 0.118 e.